The van der Waals surface area contributed by atoms with Gasteiger partial charge in [0.15, 0.2) is 5.78 Å². The Bertz CT molecular complexity index is 1130. The SMILES string of the molecule is CC(C)=CCc1cc(C2CC(=O)c3ccc(O)c(CC=C(C)C)c3O2)cc(CC=C(C)C)c1O. The third-order valence-electron chi connectivity index (χ3n) is 6.00. The number of fused-ring (bicyclic) bond motifs is 1. The molecule has 3 rings (SSSR count). The van der Waals surface area contributed by atoms with Gasteiger partial charge in [0.1, 0.15) is 23.4 Å². The molecule has 0 spiro atoms. The normalized spacial score (nSPS) is 14.6. The number of allylic oxidation sites excluding steroid dienone is 6. The minimum Gasteiger partial charge on any atom is -0.508 e. The van der Waals surface area contributed by atoms with E-state index < -0.39 is 6.10 Å². The van der Waals surface area contributed by atoms with Crippen LogP contribution in [0.3, 0.4) is 0 Å². The molecule has 2 aromatic carbocycles. The first-order chi connectivity index (χ1) is 16.1. The topological polar surface area (TPSA) is 66.8 Å². The van der Waals surface area contributed by atoms with Crippen molar-refractivity contribution >= 4 is 5.78 Å². The van der Waals surface area contributed by atoms with Crippen molar-refractivity contribution in [2.75, 3.05) is 0 Å². The van der Waals surface area contributed by atoms with E-state index in [1.165, 1.54) is 11.1 Å². The first-order valence-corrected chi connectivity index (χ1v) is 11.9. The van der Waals surface area contributed by atoms with Gasteiger partial charge in [-0.2, -0.15) is 0 Å². The second-order valence-electron chi connectivity index (χ2n) is 9.82. The number of benzene rings is 2. The molecule has 0 fully saturated rings. The Morgan fingerprint density at radius 2 is 1.41 bits per heavy atom. The molecule has 2 aromatic rings. The monoisotopic (exact) mass is 460 g/mol. The molecule has 180 valence electrons. The molecule has 4 nitrogen and oxygen atoms in total. The summed E-state index contributed by atoms with van der Waals surface area (Å²) in [6.07, 6.45) is 7.62. The number of hydrogen-bond donors (Lipinski definition) is 2. The minimum absolute atomic E-state index is 0.00512. The van der Waals surface area contributed by atoms with Gasteiger partial charge in [-0.25, -0.2) is 0 Å². The Morgan fingerprint density at radius 3 is 1.94 bits per heavy atom. The Kier molecular flexibility index (Phi) is 8.03. The van der Waals surface area contributed by atoms with Gasteiger partial charge in [0.25, 0.3) is 0 Å². The van der Waals surface area contributed by atoms with Gasteiger partial charge in [-0.15, -0.1) is 0 Å². The number of carbonyl (C=O) groups excluding carboxylic acids is 1. The molecule has 1 unspecified atom stereocenters. The zero-order chi connectivity index (χ0) is 25.0. The predicted molar refractivity (Wildman–Crippen MR) is 138 cm³/mol. The van der Waals surface area contributed by atoms with Crippen LogP contribution in [0, 0.1) is 0 Å². The van der Waals surface area contributed by atoms with E-state index in [2.05, 4.69) is 12.2 Å². The first kappa shape index (κ1) is 25.4. The fourth-order valence-corrected chi connectivity index (χ4v) is 4.04. The van der Waals surface area contributed by atoms with E-state index in [4.69, 9.17) is 4.74 Å². The van der Waals surface area contributed by atoms with Gasteiger partial charge >= 0.3 is 0 Å². The number of rotatable bonds is 7. The van der Waals surface area contributed by atoms with Gasteiger partial charge in [0.2, 0.25) is 0 Å². The van der Waals surface area contributed by atoms with Crippen molar-refractivity contribution < 1.29 is 19.7 Å². The van der Waals surface area contributed by atoms with Crippen LogP contribution >= 0.6 is 0 Å². The maximum Gasteiger partial charge on any atom is 0.170 e. The quantitative estimate of drug-likeness (QED) is 0.425. The van der Waals surface area contributed by atoms with Crippen LogP contribution in [0.1, 0.15) is 86.7 Å². The summed E-state index contributed by atoms with van der Waals surface area (Å²) in [5.74, 6) is 0.880. The van der Waals surface area contributed by atoms with E-state index in [-0.39, 0.29) is 18.0 Å². The van der Waals surface area contributed by atoms with Crippen LogP contribution in [0.15, 0.2) is 59.2 Å². The molecule has 1 aliphatic rings. The van der Waals surface area contributed by atoms with E-state index in [1.54, 1.807) is 12.1 Å². The van der Waals surface area contributed by atoms with Crippen molar-refractivity contribution in [1.29, 1.82) is 0 Å². The average Bonchev–Trinajstić information content (AvgIpc) is 2.76. The second kappa shape index (κ2) is 10.8. The lowest BCUT2D eigenvalue weighted by atomic mass is 9.90. The summed E-state index contributed by atoms with van der Waals surface area (Å²) >= 11 is 0. The van der Waals surface area contributed by atoms with Crippen LogP contribution in [-0.2, 0) is 19.3 Å². The summed E-state index contributed by atoms with van der Waals surface area (Å²) in [7, 11) is 0. The molecule has 0 saturated carbocycles. The van der Waals surface area contributed by atoms with E-state index >= 15 is 0 Å². The zero-order valence-electron chi connectivity index (χ0n) is 21.2. The number of phenolic OH excluding ortho intramolecular Hbond substituents is 2. The number of phenols is 2. The molecule has 2 N–H and O–H groups in total. The van der Waals surface area contributed by atoms with Gasteiger partial charge < -0.3 is 14.9 Å². The number of ketones is 1. The molecule has 4 heteroatoms. The summed E-state index contributed by atoms with van der Waals surface area (Å²) in [6, 6.07) is 7.11. The van der Waals surface area contributed by atoms with Crippen LogP contribution in [0.4, 0.5) is 0 Å². The average molecular weight is 461 g/mol. The first-order valence-electron chi connectivity index (χ1n) is 11.9. The number of hydrogen-bond acceptors (Lipinski definition) is 4. The molecular formula is C30H36O4. The third-order valence-corrected chi connectivity index (χ3v) is 6.00. The number of aromatic hydroxyl groups is 2. The highest BCUT2D eigenvalue weighted by molar-refractivity contribution is 6.00. The maximum absolute atomic E-state index is 13.1. The van der Waals surface area contributed by atoms with Gasteiger partial charge in [-0.3, -0.25) is 4.79 Å². The van der Waals surface area contributed by atoms with Crippen molar-refractivity contribution in [2.45, 2.75) is 73.3 Å². The zero-order valence-corrected chi connectivity index (χ0v) is 21.2. The highest BCUT2D eigenvalue weighted by Crippen LogP contribution is 2.42. The molecule has 34 heavy (non-hydrogen) atoms. The lowest BCUT2D eigenvalue weighted by Crippen LogP contribution is -2.22. The standard InChI is InChI=1S/C30H36O4/c1-18(2)7-10-21-15-23(16-22(29(21)33)11-8-19(3)4)28-17-27(32)25-13-14-26(31)24(30(25)34-28)12-9-20(5)6/h7-9,13-16,28,31,33H,10-12,17H2,1-6H3. The van der Waals surface area contributed by atoms with Crippen molar-refractivity contribution in [3.05, 3.63) is 87.0 Å². The highest BCUT2D eigenvalue weighted by Gasteiger charge is 2.31. The van der Waals surface area contributed by atoms with Crippen LogP contribution < -0.4 is 4.74 Å². The number of carbonyl (C=O) groups is 1. The van der Waals surface area contributed by atoms with E-state index in [9.17, 15) is 15.0 Å². The van der Waals surface area contributed by atoms with Crippen molar-refractivity contribution in [1.82, 2.24) is 0 Å². The van der Waals surface area contributed by atoms with E-state index in [0.717, 1.165) is 22.3 Å². The second-order valence-corrected chi connectivity index (χ2v) is 9.82. The van der Waals surface area contributed by atoms with E-state index in [0.29, 0.717) is 41.9 Å². The Balaban J connectivity index is 2.07. The van der Waals surface area contributed by atoms with Gasteiger partial charge in [-0.1, -0.05) is 34.9 Å². The predicted octanol–water partition coefficient (Wildman–Crippen LogP) is 7.33. The molecule has 0 amide bonds. The van der Waals surface area contributed by atoms with Crippen molar-refractivity contribution in [3.8, 4) is 17.2 Å². The minimum atomic E-state index is -0.483. The van der Waals surface area contributed by atoms with Gasteiger partial charge in [0.05, 0.1) is 12.0 Å². The summed E-state index contributed by atoms with van der Waals surface area (Å²) in [4.78, 5) is 13.1. The van der Waals surface area contributed by atoms with Gasteiger partial charge in [0, 0.05) is 5.56 Å². The summed E-state index contributed by atoms with van der Waals surface area (Å²) in [6.45, 7) is 12.1. The summed E-state index contributed by atoms with van der Waals surface area (Å²) in [5, 5.41) is 21.5. The highest BCUT2D eigenvalue weighted by atomic mass is 16.5. The molecule has 0 radical (unpaired) electrons. The molecule has 1 atom stereocenters. The van der Waals surface area contributed by atoms with Crippen LogP contribution in [0.25, 0.3) is 0 Å². The summed E-state index contributed by atoms with van der Waals surface area (Å²) < 4.78 is 6.41. The molecule has 0 saturated heterocycles. The lowest BCUT2D eigenvalue weighted by molar-refractivity contribution is 0.0847. The fourth-order valence-electron chi connectivity index (χ4n) is 4.04. The largest absolute Gasteiger partial charge is 0.508 e. The van der Waals surface area contributed by atoms with Crippen LogP contribution in [0.5, 0.6) is 17.2 Å². The molecular weight excluding hydrogens is 424 g/mol. The van der Waals surface area contributed by atoms with E-state index in [1.807, 2.05) is 59.8 Å². The molecule has 1 heterocycles. The smallest absolute Gasteiger partial charge is 0.170 e. The fraction of sp³-hybridized carbons (Fsp3) is 0.367. The molecule has 0 bridgehead atoms. The summed E-state index contributed by atoms with van der Waals surface area (Å²) in [5.41, 5.74) is 7.12. The Morgan fingerprint density at radius 1 is 0.882 bits per heavy atom. The number of Topliss-reactive ketones (excluding diaryl/α,β-unsaturated/α-hetero) is 1. The van der Waals surface area contributed by atoms with Crippen LogP contribution in [0.2, 0.25) is 0 Å². The molecule has 0 aliphatic carbocycles. The van der Waals surface area contributed by atoms with Gasteiger partial charge in [-0.05, 0) is 102 Å². The third kappa shape index (κ3) is 5.99. The molecule has 1 aliphatic heterocycles. The maximum atomic E-state index is 13.1. The van der Waals surface area contributed by atoms with Crippen molar-refractivity contribution in [3.63, 3.8) is 0 Å². The Hall–Kier alpha value is -3.27. The molecule has 0 aromatic heterocycles. The lowest BCUT2D eigenvalue weighted by Gasteiger charge is -2.28. The van der Waals surface area contributed by atoms with Crippen molar-refractivity contribution in [2.24, 2.45) is 0 Å². The van der Waals surface area contributed by atoms with Crippen LogP contribution in [-0.4, -0.2) is 16.0 Å². The Labute approximate surface area is 203 Å². The number of ether oxygens (including phenoxy) is 1.